The van der Waals surface area contributed by atoms with Gasteiger partial charge in [-0.15, -0.1) is 0 Å². The number of nitrogens with two attached hydrogens (primary N) is 1. The van der Waals surface area contributed by atoms with E-state index in [0.29, 0.717) is 0 Å². The summed E-state index contributed by atoms with van der Waals surface area (Å²) in [6.07, 6.45) is 1.04. The number of aryl methyl sites for hydroxylation is 1. The molecule has 3 rings (SSSR count). The molecule has 0 fully saturated rings. The van der Waals surface area contributed by atoms with Gasteiger partial charge in [0.2, 0.25) is 0 Å². The summed E-state index contributed by atoms with van der Waals surface area (Å²) in [5.41, 5.74) is 11.6. The van der Waals surface area contributed by atoms with Gasteiger partial charge in [-0.25, -0.2) is 0 Å². The Balaban J connectivity index is 1.97. The van der Waals surface area contributed by atoms with Crippen molar-refractivity contribution >= 4 is 11.5 Å². The largest absolute Gasteiger partial charge is 0.384 e. The first kappa shape index (κ1) is 12.7. The SMILES string of the molecule is Cc1ccc(N2CCc3ccccc3C2)c(C(=N)N)c1. The molecule has 2 aromatic carbocycles. The fraction of sp³-hybridized carbons (Fsp3) is 0.235. The average molecular weight is 265 g/mol. The number of nitrogen functional groups attached to an aromatic ring is 1. The highest BCUT2D eigenvalue weighted by molar-refractivity contribution is 6.00. The minimum Gasteiger partial charge on any atom is -0.384 e. The molecule has 0 bridgehead atoms. The summed E-state index contributed by atoms with van der Waals surface area (Å²) < 4.78 is 0. The number of nitrogens with one attached hydrogen (secondary N) is 1. The maximum absolute atomic E-state index is 7.79. The first-order valence-corrected chi connectivity index (χ1v) is 6.92. The lowest BCUT2D eigenvalue weighted by Crippen LogP contribution is -2.32. The van der Waals surface area contributed by atoms with E-state index in [9.17, 15) is 0 Å². The zero-order chi connectivity index (χ0) is 14.1. The van der Waals surface area contributed by atoms with Crippen LogP contribution >= 0.6 is 0 Å². The molecule has 0 unspecified atom stereocenters. The number of amidine groups is 1. The number of hydrogen-bond acceptors (Lipinski definition) is 2. The lowest BCUT2D eigenvalue weighted by atomic mass is 9.98. The van der Waals surface area contributed by atoms with E-state index in [1.807, 2.05) is 13.0 Å². The summed E-state index contributed by atoms with van der Waals surface area (Å²) in [5, 5.41) is 7.79. The van der Waals surface area contributed by atoms with Crippen LogP contribution in [0.15, 0.2) is 42.5 Å². The third-order valence-corrected chi connectivity index (χ3v) is 3.91. The summed E-state index contributed by atoms with van der Waals surface area (Å²) in [6.45, 7) is 3.89. The van der Waals surface area contributed by atoms with E-state index in [4.69, 9.17) is 11.1 Å². The summed E-state index contributed by atoms with van der Waals surface area (Å²) in [6, 6.07) is 14.7. The van der Waals surface area contributed by atoms with Gasteiger partial charge >= 0.3 is 0 Å². The standard InChI is InChI=1S/C17H19N3/c1-12-6-7-16(15(10-12)17(18)19)20-9-8-13-4-2-3-5-14(13)11-20/h2-7,10H,8-9,11H2,1H3,(H3,18,19). The Hall–Kier alpha value is -2.29. The predicted octanol–water partition coefficient (Wildman–Crippen LogP) is 2.84. The van der Waals surface area contributed by atoms with Crippen LogP contribution in [0.3, 0.4) is 0 Å². The van der Waals surface area contributed by atoms with E-state index in [2.05, 4.69) is 41.3 Å². The predicted molar refractivity (Wildman–Crippen MR) is 83.4 cm³/mol. The van der Waals surface area contributed by atoms with Crippen molar-refractivity contribution < 1.29 is 0 Å². The van der Waals surface area contributed by atoms with Gasteiger partial charge in [-0.2, -0.15) is 0 Å². The third kappa shape index (κ3) is 2.27. The van der Waals surface area contributed by atoms with Crippen LogP contribution in [-0.4, -0.2) is 12.4 Å². The molecule has 1 aliphatic heterocycles. The van der Waals surface area contributed by atoms with Gasteiger partial charge < -0.3 is 10.6 Å². The Bertz CT molecular complexity index is 661. The molecule has 0 saturated carbocycles. The highest BCUT2D eigenvalue weighted by atomic mass is 15.1. The minimum absolute atomic E-state index is 0.141. The van der Waals surface area contributed by atoms with Gasteiger partial charge in [0.1, 0.15) is 5.84 Å². The van der Waals surface area contributed by atoms with E-state index in [1.54, 1.807) is 0 Å². The molecule has 3 heteroatoms. The zero-order valence-corrected chi connectivity index (χ0v) is 11.7. The number of anilines is 1. The van der Waals surface area contributed by atoms with Crippen LogP contribution in [0, 0.1) is 12.3 Å². The molecule has 102 valence electrons. The van der Waals surface area contributed by atoms with Gasteiger partial charge in [0, 0.05) is 24.3 Å². The number of nitrogens with zero attached hydrogens (tertiary/aromatic N) is 1. The van der Waals surface area contributed by atoms with Crippen LogP contribution in [0.2, 0.25) is 0 Å². The smallest absolute Gasteiger partial charge is 0.124 e. The number of fused-ring (bicyclic) bond motifs is 1. The van der Waals surface area contributed by atoms with Crippen molar-refractivity contribution in [1.82, 2.24) is 0 Å². The van der Waals surface area contributed by atoms with Crippen LogP contribution in [-0.2, 0) is 13.0 Å². The molecule has 1 heterocycles. The van der Waals surface area contributed by atoms with Crippen LogP contribution in [0.1, 0.15) is 22.3 Å². The molecule has 2 aromatic rings. The Labute approximate surface area is 119 Å². The average Bonchev–Trinajstić information content (AvgIpc) is 2.46. The van der Waals surface area contributed by atoms with Crippen molar-refractivity contribution in [1.29, 1.82) is 5.41 Å². The Morgan fingerprint density at radius 3 is 2.65 bits per heavy atom. The lowest BCUT2D eigenvalue weighted by molar-refractivity contribution is 0.731. The molecule has 0 aliphatic carbocycles. The van der Waals surface area contributed by atoms with E-state index < -0.39 is 0 Å². The summed E-state index contributed by atoms with van der Waals surface area (Å²) in [4.78, 5) is 2.32. The lowest BCUT2D eigenvalue weighted by Gasteiger charge is -2.32. The highest BCUT2D eigenvalue weighted by Crippen LogP contribution is 2.27. The topological polar surface area (TPSA) is 53.1 Å². The normalized spacial score (nSPS) is 13.9. The zero-order valence-electron chi connectivity index (χ0n) is 11.7. The number of hydrogen-bond donors (Lipinski definition) is 2. The van der Waals surface area contributed by atoms with Crippen molar-refractivity contribution in [2.75, 3.05) is 11.4 Å². The maximum Gasteiger partial charge on any atom is 0.124 e. The van der Waals surface area contributed by atoms with E-state index in [0.717, 1.165) is 36.3 Å². The molecular formula is C17H19N3. The molecule has 0 aromatic heterocycles. The molecule has 1 aliphatic rings. The van der Waals surface area contributed by atoms with Crippen molar-refractivity contribution in [3.05, 3.63) is 64.7 Å². The molecule has 0 radical (unpaired) electrons. The Morgan fingerprint density at radius 2 is 1.90 bits per heavy atom. The van der Waals surface area contributed by atoms with Crippen LogP contribution in [0.5, 0.6) is 0 Å². The molecule has 3 N–H and O–H groups in total. The van der Waals surface area contributed by atoms with Crippen LogP contribution < -0.4 is 10.6 Å². The van der Waals surface area contributed by atoms with Crippen LogP contribution in [0.25, 0.3) is 0 Å². The monoisotopic (exact) mass is 265 g/mol. The second kappa shape index (κ2) is 5.00. The summed E-state index contributed by atoms with van der Waals surface area (Å²) in [5.74, 6) is 0.141. The first-order valence-electron chi connectivity index (χ1n) is 6.92. The summed E-state index contributed by atoms with van der Waals surface area (Å²) >= 11 is 0. The van der Waals surface area contributed by atoms with Gasteiger partial charge in [-0.1, -0.05) is 35.9 Å². The van der Waals surface area contributed by atoms with Gasteiger partial charge in [0.25, 0.3) is 0 Å². The quantitative estimate of drug-likeness (QED) is 0.648. The van der Waals surface area contributed by atoms with Gasteiger partial charge in [-0.3, -0.25) is 5.41 Å². The fourth-order valence-corrected chi connectivity index (χ4v) is 2.84. The van der Waals surface area contributed by atoms with E-state index >= 15 is 0 Å². The Morgan fingerprint density at radius 1 is 1.15 bits per heavy atom. The second-order valence-electron chi connectivity index (χ2n) is 5.37. The molecule has 20 heavy (non-hydrogen) atoms. The maximum atomic E-state index is 7.79. The number of rotatable bonds is 2. The summed E-state index contributed by atoms with van der Waals surface area (Å²) in [7, 11) is 0. The molecule has 0 spiro atoms. The van der Waals surface area contributed by atoms with Crippen molar-refractivity contribution in [2.45, 2.75) is 19.9 Å². The fourth-order valence-electron chi connectivity index (χ4n) is 2.84. The molecule has 0 atom stereocenters. The van der Waals surface area contributed by atoms with Gasteiger partial charge in [0.15, 0.2) is 0 Å². The van der Waals surface area contributed by atoms with E-state index in [1.165, 1.54) is 11.1 Å². The van der Waals surface area contributed by atoms with Crippen molar-refractivity contribution in [3.8, 4) is 0 Å². The van der Waals surface area contributed by atoms with Crippen LogP contribution in [0.4, 0.5) is 5.69 Å². The van der Waals surface area contributed by atoms with Crippen molar-refractivity contribution in [3.63, 3.8) is 0 Å². The first-order chi connectivity index (χ1) is 9.65. The molecule has 3 nitrogen and oxygen atoms in total. The Kier molecular flexibility index (Phi) is 3.18. The highest BCUT2D eigenvalue weighted by Gasteiger charge is 2.19. The van der Waals surface area contributed by atoms with Crippen molar-refractivity contribution in [2.24, 2.45) is 5.73 Å². The molecular weight excluding hydrogens is 246 g/mol. The van der Waals surface area contributed by atoms with Gasteiger partial charge in [-0.05, 0) is 36.6 Å². The molecule has 0 saturated heterocycles. The van der Waals surface area contributed by atoms with E-state index in [-0.39, 0.29) is 5.84 Å². The second-order valence-corrected chi connectivity index (χ2v) is 5.37. The van der Waals surface area contributed by atoms with Gasteiger partial charge in [0.05, 0.1) is 0 Å². The number of benzene rings is 2. The molecule has 0 amide bonds. The third-order valence-electron chi connectivity index (χ3n) is 3.91. The minimum atomic E-state index is 0.141.